The van der Waals surface area contributed by atoms with E-state index in [0.717, 1.165) is 10.6 Å². The highest BCUT2D eigenvalue weighted by Gasteiger charge is 2.15. The van der Waals surface area contributed by atoms with E-state index in [1.807, 2.05) is 24.3 Å². The fourth-order valence-corrected chi connectivity index (χ4v) is 1.23. The number of rotatable bonds is 1. The Morgan fingerprint density at radius 3 is 2.83 bits per heavy atom. The van der Waals surface area contributed by atoms with Crippen LogP contribution in [0.5, 0.6) is 0 Å². The van der Waals surface area contributed by atoms with E-state index in [1.165, 1.54) is 0 Å². The van der Waals surface area contributed by atoms with Crippen molar-refractivity contribution in [2.45, 2.75) is 6.04 Å². The van der Waals surface area contributed by atoms with Crippen LogP contribution in [0.1, 0.15) is 0 Å². The lowest BCUT2D eigenvalue weighted by Crippen LogP contribution is -2.19. The highest BCUT2D eigenvalue weighted by atomic mass is 16.4. The number of aliphatic carboxylic acids is 1. The Hall–Kier alpha value is -1.64. The van der Waals surface area contributed by atoms with Gasteiger partial charge in [-0.15, -0.1) is 0 Å². The van der Waals surface area contributed by atoms with Gasteiger partial charge in [-0.25, -0.2) is 4.79 Å². The normalized spacial score (nSPS) is 19.2. The molecule has 0 saturated carbocycles. The number of carboxylic acid groups (broad SMARTS) is 1. The zero-order valence-electron chi connectivity index (χ0n) is 6.27. The first kappa shape index (κ1) is 7.03. The van der Waals surface area contributed by atoms with Crippen molar-refractivity contribution in [3.63, 3.8) is 0 Å². The molecule has 1 heterocycles. The van der Waals surface area contributed by atoms with Gasteiger partial charge in [0.15, 0.2) is 6.04 Å². The number of nitrogens with zero attached hydrogens (tertiary/aromatic N) is 1. The van der Waals surface area contributed by atoms with Gasteiger partial charge in [-0.05, 0) is 17.4 Å². The topological polar surface area (TPSA) is 49.7 Å². The summed E-state index contributed by atoms with van der Waals surface area (Å²) in [4.78, 5) is 14.5. The number of hydrogen-bond acceptors (Lipinski definition) is 2. The lowest BCUT2D eigenvalue weighted by molar-refractivity contribution is -0.136. The van der Waals surface area contributed by atoms with Crippen LogP contribution in [0.4, 0.5) is 0 Å². The molecule has 1 aliphatic rings. The van der Waals surface area contributed by atoms with Crippen LogP contribution < -0.4 is 10.6 Å². The van der Waals surface area contributed by atoms with Gasteiger partial charge >= 0.3 is 5.97 Å². The molecule has 3 nitrogen and oxygen atoms in total. The Labute approximate surface area is 68.7 Å². The fraction of sp³-hybridized carbons (Fsp3) is 0.111. The Morgan fingerprint density at radius 1 is 1.42 bits per heavy atom. The molecule has 2 rings (SSSR count). The third kappa shape index (κ3) is 0.993. The molecular weight excluding hydrogens is 154 g/mol. The van der Waals surface area contributed by atoms with Gasteiger partial charge < -0.3 is 5.11 Å². The molecule has 60 valence electrons. The van der Waals surface area contributed by atoms with E-state index in [4.69, 9.17) is 5.11 Å². The third-order valence-corrected chi connectivity index (χ3v) is 1.81. The van der Waals surface area contributed by atoms with Crippen LogP contribution in [0.25, 0.3) is 6.08 Å². The molecule has 0 saturated heterocycles. The first-order valence-electron chi connectivity index (χ1n) is 3.65. The number of carboxylic acids is 1. The second-order valence-corrected chi connectivity index (χ2v) is 2.64. The summed E-state index contributed by atoms with van der Waals surface area (Å²) in [5.41, 5.74) is 0. The molecule has 0 aliphatic carbocycles. The maximum Gasteiger partial charge on any atom is 0.332 e. The zero-order valence-corrected chi connectivity index (χ0v) is 6.27. The summed E-state index contributed by atoms with van der Waals surface area (Å²) >= 11 is 0. The summed E-state index contributed by atoms with van der Waals surface area (Å²) in [5.74, 6) is -0.897. The van der Waals surface area contributed by atoms with Crippen molar-refractivity contribution < 1.29 is 9.90 Å². The second-order valence-electron chi connectivity index (χ2n) is 2.64. The highest BCUT2D eigenvalue weighted by Crippen LogP contribution is 1.95. The first-order valence-corrected chi connectivity index (χ1v) is 3.65. The Morgan fingerprint density at radius 2 is 2.17 bits per heavy atom. The minimum absolute atomic E-state index is 0.692. The van der Waals surface area contributed by atoms with Crippen molar-refractivity contribution in [3.8, 4) is 0 Å². The van der Waals surface area contributed by atoms with Gasteiger partial charge in [-0.1, -0.05) is 18.2 Å². The maximum absolute atomic E-state index is 10.5. The van der Waals surface area contributed by atoms with Crippen LogP contribution in [0.2, 0.25) is 0 Å². The van der Waals surface area contributed by atoms with E-state index >= 15 is 0 Å². The predicted octanol–water partition coefficient (Wildman–Crippen LogP) is -0.447. The molecule has 1 atom stereocenters. The zero-order chi connectivity index (χ0) is 8.55. The molecule has 0 fully saturated rings. The van der Waals surface area contributed by atoms with Crippen molar-refractivity contribution in [1.29, 1.82) is 0 Å². The summed E-state index contributed by atoms with van der Waals surface area (Å²) in [6, 6.07) is 6.70. The monoisotopic (exact) mass is 161 g/mol. The minimum Gasteiger partial charge on any atom is -0.479 e. The molecule has 0 bridgehead atoms. The van der Waals surface area contributed by atoms with Crippen LogP contribution in [0.15, 0.2) is 29.3 Å². The van der Waals surface area contributed by atoms with Crippen molar-refractivity contribution in [3.05, 3.63) is 34.8 Å². The largest absolute Gasteiger partial charge is 0.479 e. The predicted molar refractivity (Wildman–Crippen MR) is 43.1 cm³/mol. The van der Waals surface area contributed by atoms with Gasteiger partial charge in [0.05, 0.1) is 5.36 Å². The van der Waals surface area contributed by atoms with Crippen molar-refractivity contribution in [2.24, 2.45) is 4.99 Å². The summed E-state index contributed by atoms with van der Waals surface area (Å²) in [6.07, 6.45) is 1.65. The minimum atomic E-state index is -0.897. The van der Waals surface area contributed by atoms with E-state index in [1.54, 1.807) is 6.08 Å². The second kappa shape index (κ2) is 2.44. The Kier molecular flexibility index (Phi) is 1.43. The first-order chi connectivity index (χ1) is 5.77. The van der Waals surface area contributed by atoms with E-state index in [0.29, 0.717) is 0 Å². The number of benzene rings is 1. The molecule has 0 spiro atoms. The number of carbonyl (C=O) groups is 1. The van der Waals surface area contributed by atoms with Crippen molar-refractivity contribution in [1.82, 2.24) is 0 Å². The van der Waals surface area contributed by atoms with Gasteiger partial charge in [-0.2, -0.15) is 0 Å². The number of para-hydroxylation sites is 1. The van der Waals surface area contributed by atoms with Crippen LogP contribution in [0, 0.1) is 0 Å². The molecular formula is C9H7NO2. The molecule has 12 heavy (non-hydrogen) atoms. The summed E-state index contributed by atoms with van der Waals surface area (Å²) in [7, 11) is 0. The number of hydrogen-bond donors (Lipinski definition) is 1. The molecule has 1 aliphatic heterocycles. The van der Waals surface area contributed by atoms with Gasteiger partial charge in [0.1, 0.15) is 0 Å². The number of fused-ring (bicyclic) bond motifs is 1. The standard InChI is InChI=1S/C9H7NO2/c11-9(12)8-5-6-3-1-2-4-7(6)10-8/h1-5,8H,(H,11,12). The molecule has 0 radical (unpaired) electrons. The van der Waals surface area contributed by atoms with Gasteiger partial charge in [0.25, 0.3) is 0 Å². The molecule has 1 aromatic carbocycles. The lowest BCUT2D eigenvalue weighted by atomic mass is 10.2. The molecule has 1 N–H and O–H groups in total. The quantitative estimate of drug-likeness (QED) is 0.606. The lowest BCUT2D eigenvalue weighted by Gasteiger charge is -1.92. The Balaban J connectivity index is 2.60. The molecule has 0 amide bonds. The third-order valence-electron chi connectivity index (χ3n) is 1.81. The van der Waals surface area contributed by atoms with E-state index in [9.17, 15) is 4.79 Å². The van der Waals surface area contributed by atoms with Gasteiger partial charge in [-0.3, -0.25) is 4.99 Å². The Bertz CT molecular complexity index is 401. The van der Waals surface area contributed by atoms with Crippen LogP contribution >= 0.6 is 0 Å². The van der Waals surface area contributed by atoms with E-state index < -0.39 is 12.0 Å². The highest BCUT2D eigenvalue weighted by molar-refractivity contribution is 5.81. The van der Waals surface area contributed by atoms with Crippen LogP contribution in [-0.4, -0.2) is 17.1 Å². The molecule has 1 aromatic rings. The van der Waals surface area contributed by atoms with Crippen LogP contribution in [0.3, 0.4) is 0 Å². The summed E-state index contributed by atoms with van der Waals surface area (Å²) in [5, 5.41) is 10.3. The maximum atomic E-state index is 10.5. The van der Waals surface area contributed by atoms with E-state index in [-0.39, 0.29) is 0 Å². The SMILES string of the molecule is O=C(O)C1C=c2ccccc2=N1. The van der Waals surface area contributed by atoms with E-state index in [2.05, 4.69) is 4.99 Å². The average Bonchev–Trinajstić information content (AvgIpc) is 2.46. The smallest absolute Gasteiger partial charge is 0.332 e. The van der Waals surface area contributed by atoms with Crippen LogP contribution in [-0.2, 0) is 4.79 Å². The summed E-state index contributed by atoms with van der Waals surface area (Å²) in [6.45, 7) is 0. The average molecular weight is 161 g/mol. The summed E-state index contributed by atoms with van der Waals surface area (Å²) < 4.78 is 0. The van der Waals surface area contributed by atoms with Crippen molar-refractivity contribution in [2.75, 3.05) is 0 Å². The van der Waals surface area contributed by atoms with Gasteiger partial charge in [0.2, 0.25) is 0 Å². The van der Waals surface area contributed by atoms with Gasteiger partial charge in [0, 0.05) is 0 Å². The fourth-order valence-electron chi connectivity index (χ4n) is 1.23. The molecule has 0 aromatic heterocycles. The van der Waals surface area contributed by atoms with Crippen molar-refractivity contribution >= 4 is 12.0 Å². The molecule has 1 unspecified atom stereocenters. The molecule has 3 heteroatoms.